The van der Waals surface area contributed by atoms with Crippen molar-refractivity contribution in [2.45, 2.75) is 31.2 Å². The topological polar surface area (TPSA) is 88.2 Å². The third-order valence-electron chi connectivity index (χ3n) is 2.81. The molecular weight excluding hydrogens is 314 g/mol. The minimum atomic E-state index is -3.59. The fourth-order valence-electron chi connectivity index (χ4n) is 1.89. The van der Waals surface area contributed by atoms with Gasteiger partial charge in [0.2, 0.25) is 10.0 Å². The minimum absolute atomic E-state index is 0.148. The number of pyridine rings is 1. The van der Waals surface area contributed by atoms with E-state index in [0.717, 1.165) is 0 Å². The van der Waals surface area contributed by atoms with Crippen LogP contribution >= 0.6 is 0 Å². The van der Waals surface area contributed by atoms with Gasteiger partial charge in [0, 0.05) is 29.2 Å². The van der Waals surface area contributed by atoms with E-state index in [4.69, 9.17) is 0 Å². The van der Waals surface area contributed by atoms with Gasteiger partial charge in [-0.1, -0.05) is 0 Å². The molecule has 0 bridgehead atoms. The highest BCUT2D eigenvalue weighted by Gasteiger charge is 2.21. The lowest BCUT2D eigenvalue weighted by atomic mass is 10.1. The second-order valence-corrected chi connectivity index (χ2v) is 7.75. The Hall–Kier alpha value is -2.25. The second-order valence-electron chi connectivity index (χ2n) is 6.07. The summed E-state index contributed by atoms with van der Waals surface area (Å²) in [6.45, 7) is 5.32. The maximum Gasteiger partial charge on any atom is 0.255 e. The predicted octanol–water partition coefficient (Wildman–Crippen LogP) is 2.41. The zero-order chi connectivity index (χ0) is 17.1. The first kappa shape index (κ1) is 17.1. The standard InChI is InChI=1S/C16H19N3O3S/c1-16(2,3)19-23(21,22)14-6-4-13(5-7-14)18-15(20)12-8-10-17-11-9-12/h4-11,19H,1-3H3,(H,18,20). The minimum Gasteiger partial charge on any atom is -0.322 e. The summed E-state index contributed by atoms with van der Waals surface area (Å²) in [5.74, 6) is -0.282. The van der Waals surface area contributed by atoms with Crippen LogP contribution in [0.3, 0.4) is 0 Å². The van der Waals surface area contributed by atoms with Gasteiger partial charge in [-0.3, -0.25) is 9.78 Å². The van der Waals surface area contributed by atoms with Gasteiger partial charge in [0.25, 0.3) is 5.91 Å². The molecule has 0 fully saturated rings. The molecule has 0 aliphatic rings. The van der Waals surface area contributed by atoms with E-state index in [0.29, 0.717) is 11.3 Å². The van der Waals surface area contributed by atoms with Crippen LogP contribution in [-0.2, 0) is 10.0 Å². The third-order valence-corrected chi connectivity index (χ3v) is 4.58. The molecule has 2 rings (SSSR count). The normalized spacial score (nSPS) is 12.0. The van der Waals surface area contributed by atoms with Crippen LogP contribution in [0.25, 0.3) is 0 Å². The van der Waals surface area contributed by atoms with Crippen molar-refractivity contribution in [2.24, 2.45) is 0 Å². The Morgan fingerprint density at radius 2 is 1.57 bits per heavy atom. The molecule has 1 aromatic carbocycles. The summed E-state index contributed by atoms with van der Waals surface area (Å²) >= 11 is 0. The fourth-order valence-corrected chi connectivity index (χ4v) is 3.30. The summed E-state index contributed by atoms with van der Waals surface area (Å²) in [7, 11) is -3.59. The first-order valence-corrected chi connectivity index (χ1v) is 8.51. The van der Waals surface area contributed by atoms with Crippen molar-refractivity contribution in [3.05, 3.63) is 54.4 Å². The maximum atomic E-state index is 12.2. The van der Waals surface area contributed by atoms with Crippen molar-refractivity contribution in [1.29, 1.82) is 0 Å². The average Bonchev–Trinajstić information content (AvgIpc) is 2.46. The molecule has 1 heterocycles. The molecule has 0 spiro atoms. The number of hydrogen-bond donors (Lipinski definition) is 2. The van der Waals surface area contributed by atoms with Crippen molar-refractivity contribution in [3.8, 4) is 0 Å². The average molecular weight is 333 g/mol. The maximum absolute atomic E-state index is 12.2. The molecule has 0 atom stereocenters. The van der Waals surface area contributed by atoms with Gasteiger partial charge in [-0.05, 0) is 57.2 Å². The second kappa shape index (κ2) is 6.47. The van der Waals surface area contributed by atoms with Crippen LogP contribution in [0.15, 0.2) is 53.7 Å². The number of rotatable bonds is 4. The van der Waals surface area contributed by atoms with Crippen LogP contribution in [0.1, 0.15) is 31.1 Å². The fraction of sp³-hybridized carbons (Fsp3) is 0.250. The monoisotopic (exact) mass is 333 g/mol. The van der Waals surface area contributed by atoms with Crippen LogP contribution in [0.5, 0.6) is 0 Å². The molecule has 0 aliphatic carbocycles. The van der Waals surface area contributed by atoms with Gasteiger partial charge in [0.15, 0.2) is 0 Å². The van der Waals surface area contributed by atoms with Crippen LogP contribution in [0.2, 0.25) is 0 Å². The Balaban J connectivity index is 2.13. The van der Waals surface area contributed by atoms with Crippen molar-refractivity contribution >= 4 is 21.6 Å². The van der Waals surface area contributed by atoms with Crippen LogP contribution in [0, 0.1) is 0 Å². The van der Waals surface area contributed by atoms with E-state index in [1.165, 1.54) is 24.5 Å². The number of carbonyl (C=O) groups excluding carboxylic acids is 1. The summed E-state index contributed by atoms with van der Waals surface area (Å²) in [5.41, 5.74) is 0.431. The van der Waals surface area contributed by atoms with Gasteiger partial charge in [0.1, 0.15) is 0 Å². The Bertz CT molecular complexity index is 780. The van der Waals surface area contributed by atoms with Crippen molar-refractivity contribution in [1.82, 2.24) is 9.71 Å². The smallest absolute Gasteiger partial charge is 0.255 e. The van der Waals surface area contributed by atoms with E-state index < -0.39 is 15.6 Å². The molecule has 0 saturated heterocycles. The van der Waals surface area contributed by atoms with Crippen LogP contribution in [0.4, 0.5) is 5.69 Å². The number of nitrogens with one attached hydrogen (secondary N) is 2. The zero-order valence-corrected chi connectivity index (χ0v) is 14.0. The van der Waals surface area contributed by atoms with Crippen molar-refractivity contribution < 1.29 is 13.2 Å². The van der Waals surface area contributed by atoms with E-state index in [-0.39, 0.29) is 10.8 Å². The highest BCUT2D eigenvalue weighted by Crippen LogP contribution is 2.16. The number of sulfonamides is 1. The highest BCUT2D eigenvalue weighted by atomic mass is 32.2. The quantitative estimate of drug-likeness (QED) is 0.899. The summed E-state index contributed by atoms with van der Waals surface area (Å²) in [5, 5.41) is 2.70. The molecule has 2 aromatic rings. The van der Waals surface area contributed by atoms with Crippen molar-refractivity contribution in [2.75, 3.05) is 5.32 Å². The van der Waals surface area contributed by atoms with Gasteiger partial charge in [-0.15, -0.1) is 0 Å². The van der Waals surface area contributed by atoms with E-state index in [2.05, 4.69) is 15.0 Å². The van der Waals surface area contributed by atoms with Gasteiger partial charge in [-0.2, -0.15) is 0 Å². The predicted molar refractivity (Wildman–Crippen MR) is 88.7 cm³/mol. The SMILES string of the molecule is CC(C)(C)NS(=O)(=O)c1ccc(NC(=O)c2ccncc2)cc1. The van der Waals surface area contributed by atoms with Gasteiger partial charge in [-0.25, -0.2) is 13.1 Å². The van der Waals surface area contributed by atoms with Gasteiger partial charge >= 0.3 is 0 Å². The molecule has 0 saturated carbocycles. The Labute approximate surface area is 136 Å². The Kier molecular flexibility index (Phi) is 4.82. The lowest BCUT2D eigenvalue weighted by Gasteiger charge is -2.20. The summed E-state index contributed by atoms with van der Waals surface area (Å²) < 4.78 is 27.0. The van der Waals surface area contributed by atoms with E-state index in [1.807, 2.05) is 0 Å². The number of benzene rings is 1. The zero-order valence-electron chi connectivity index (χ0n) is 13.2. The third kappa shape index (κ3) is 4.87. The number of anilines is 1. The Morgan fingerprint density at radius 1 is 1.00 bits per heavy atom. The molecule has 1 amide bonds. The van der Waals surface area contributed by atoms with E-state index in [1.54, 1.807) is 45.0 Å². The van der Waals surface area contributed by atoms with Gasteiger partial charge in [0.05, 0.1) is 4.90 Å². The number of carbonyl (C=O) groups is 1. The molecule has 122 valence electrons. The molecular formula is C16H19N3O3S. The van der Waals surface area contributed by atoms with E-state index >= 15 is 0 Å². The molecule has 7 heteroatoms. The number of hydrogen-bond acceptors (Lipinski definition) is 4. The molecule has 23 heavy (non-hydrogen) atoms. The van der Waals surface area contributed by atoms with Crippen molar-refractivity contribution in [3.63, 3.8) is 0 Å². The molecule has 6 nitrogen and oxygen atoms in total. The summed E-state index contributed by atoms with van der Waals surface area (Å²) in [6.07, 6.45) is 3.06. The molecule has 0 unspecified atom stereocenters. The molecule has 1 aromatic heterocycles. The van der Waals surface area contributed by atoms with Crippen LogP contribution in [-0.4, -0.2) is 24.8 Å². The number of nitrogens with zero attached hydrogens (tertiary/aromatic N) is 1. The van der Waals surface area contributed by atoms with Gasteiger partial charge < -0.3 is 5.32 Å². The molecule has 0 radical (unpaired) electrons. The lowest BCUT2D eigenvalue weighted by molar-refractivity contribution is 0.102. The number of aromatic nitrogens is 1. The largest absolute Gasteiger partial charge is 0.322 e. The molecule has 2 N–H and O–H groups in total. The molecule has 0 aliphatic heterocycles. The highest BCUT2D eigenvalue weighted by molar-refractivity contribution is 7.89. The number of amides is 1. The van der Waals surface area contributed by atoms with E-state index in [9.17, 15) is 13.2 Å². The first-order valence-electron chi connectivity index (χ1n) is 7.03. The summed E-state index contributed by atoms with van der Waals surface area (Å²) in [6, 6.07) is 9.21. The Morgan fingerprint density at radius 3 is 2.09 bits per heavy atom. The first-order chi connectivity index (χ1) is 10.7. The summed E-state index contributed by atoms with van der Waals surface area (Å²) in [4.78, 5) is 16.0. The van der Waals surface area contributed by atoms with Crippen LogP contribution < -0.4 is 10.0 Å². The lowest BCUT2D eigenvalue weighted by Crippen LogP contribution is -2.40.